The number of hydrogen-bond acceptors (Lipinski definition) is 2. The summed E-state index contributed by atoms with van der Waals surface area (Å²) in [5, 5.41) is 2.49. The summed E-state index contributed by atoms with van der Waals surface area (Å²) >= 11 is 1.34. The quantitative estimate of drug-likeness (QED) is 0.389. The summed E-state index contributed by atoms with van der Waals surface area (Å²) in [6.45, 7) is 0. The molecule has 0 saturated heterocycles. The van der Waals surface area contributed by atoms with Crippen LogP contribution in [0.3, 0.4) is 0 Å². The van der Waals surface area contributed by atoms with Gasteiger partial charge in [-0.15, -0.1) is 0 Å². The third-order valence-corrected chi connectivity index (χ3v) is 16.5. The van der Waals surface area contributed by atoms with E-state index in [9.17, 15) is 0 Å². The molecule has 2 aromatic carbocycles. The summed E-state index contributed by atoms with van der Waals surface area (Å²) in [4.78, 5) is 0. The first-order valence-electron chi connectivity index (χ1n) is 5.61. The molecule has 18 heavy (non-hydrogen) atoms. The average molecular weight is 404 g/mol. The van der Waals surface area contributed by atoms with Crippen molar-refractivity contribution in [1.82, 2.24) is 0 Å². The Hall–Kier alpha value is 0.179. The van der Waals surface area contributed by atoms with Crippen molar-refractivity contribution in [3.8, 4) is 0 Å². The standard InChI is InChI=1S/C14H14S2Se2/c1-3-7-13(8-4-1)11-17-15-16-18-12-14-9-5-2-6-10-14/h1-10H,11-12H2. The molecule has 0 atom stereocenters. The van der Waals surface area contributed by atoms with Crippen LogP contribution < -0.4 is 0 Å². The third-order valence-electron chi connectivity index (χ3n) is 2.26. The number of rotatable bonds is 7. The Bertz CT molecular complexity index is 391. The molecule has 0 aromatic heterocycles. The second-order valence-corrected chi connectivity index (χ2v) is 14.5. The van der Waals surface area contributed by atoms with Crippen molar-refractivity contribution in [3.63, 3.8) is 0 Å². The van der Waals surface area contributed by atoms with Gasteiger partial charge in [-0.1, -0.05) is 0 Å². The summed E-state index contributed by atoms with van der Waals surface area (Å²) in [5.74, 6) is 0. The molecule has 0 N–H and O–H groups in total. The first-order valence-corrected chi connectivity index (χ1v) is 14.2. The summed E-state index contributed by atoms with van der Waals surface area (Å²) in [6, 6.07) is 21.6. The van der Waals surface area contributed by atoms with Crippen LogP contribution in [0.25, 0.3) is 0 Å². The maximum absolute atomic E-state index is 2.22. The molecule has 0 bridgehead atoms. The minimum atomic E-state index is 0.671. The predicted molar refractivity (Wildman–Crippen MR) is 87.0 cm³/mol. The molecule has 0 radical (unpaired) electrons. The Morgan fingerprint density at radius 2 is 1.00 bits per heavy atom. The van der Waals surface area contributed by atoms with Gasteiger partial charge in [0.2, 0.25) is 0 Å². The molecule has 0 fully saturated rings. The zero-order valence-electron chi connectivity index (χ0n) is 9.82. The molecule has 2 aromatic rings. The van der Waals surface area contributed by atoms with E-state index in [0.717, 1.165) is 0 Å². The monoisotopic (exact) mass is 406 g/mol. The second-order valence-electron chi connectivity index (χ2n) is 3.63. The Labute approximate surface area is 128 Å². The van der Waals surface area contributed by atoms with Crippen LogP contribution in [0, 0.1) is 0 Å². The first kappa shape index (κ1) is 14.6. The van der Waals surface area contributed by atoms with Crippen LogP contribution in [0.1, 0.15) is 11.1 Å². The van der Waals surface area contributed by atoms with E-state index < -0.39 is 0 Å². The molecule has 0 aliphatic rings. The molecule has 0 saturated carbocycles. The first-order chi connectivity index (χ1) is 8.95. The van der Waals surface area contributed by atoms with Gasteiger partial charge in [0.25, 0.3) is 0 Å². The van der Waals surface area contributed by atoms with Crippen molar-refractivity contribution in [2.75, 3.05) is 0 Å². The molecule has 0 heterocycles. The fraction of sp³-hybridized carbons (Fsp3) is 0.143. The van der Waals surface area contributed by atoms with Crippen LogP contribution in [0.4, 0.5) is 0 Å². The van der Waals surface area contributed by atoms with Gasteiger partial charge in [0.05, 0.1) is 0 Å². The maximum atomic E-state index is 2.22. The topological polar surface area (TPSA) is 0 Å². The molecule has 94 valence electrons. The van der Waals surface area contributed by atoms with Crippen molar-refractivity contribution in [2.24, 2.45) is 0 Å². The minimum absolute atomic E-state index is 0.671. The molecule has 0 unspecified atom stereocenters. The van der Waals surface area contributed by atoms with E-state index in [1.165, 1.54) is 21.8 Å². The molecule has 4 heteroatoms. The van der Waals surface area contributed by atoms with Crippen LogP contribution in [0.15, 0.2) is 60.7 Å². The van der Waals surface area contributed by atoms with Crippen molar-refractivity contribution in [2.45, 2.75) is 10.6 Å². The second kappa shape index (κ2) is 9.14. The Kier molecular flexibility index (Phi) is 7.41. The van der Waals surface area contributed by atoms with Gasteiger partial charge in [0.1, 0.15) is 0 Å². The van der Waals surface area contributed by atoms with Crippen molar-refractivity contribution < 1.29 is 0 Å². The summed E-state index contributed by atoms with van der Waals surface area (Å²) in [7, 11) is 4.15. The Morgan fingerprint density at radius 3 is 1.39 bits per heavy atom. The zero-order valence-corrected chi connectivity index (χ0v) is 14.9. The van der Waals surface area contributed by atoms with Crippen LogP contribution in [-0.4, -0.2) is 27.7 Å². The molecule has 0 aliphatic heterocycles. The van der Waals surface area contributed by atoms with Gasteiger partial charge in [0.15, 0.2) is 0 Å². The van der Waals surface area contributed by atoms with Gasteiger partial charge in [-0.3, -0.25) is 0 Å². The summed E-state index contributed by atoms with van der Waals surface area (Å²) in [5.41, 5.74) is 2.95. The number of hydrogen-bond donors (Lipinski definition) is 0. The zero-order chi connectivity index (χ0) is 12.5. The fourth-order valence-electron chi connectivity index (χ4n) is 1.37. The van der Waals surface area contributed by atoms with Crippen LogP contribution in [0.5, 0.6) is 0 Å². The SMILES string of the molecule is c1ccc(C[Se]SS[Se]Cc2ccccc2)cc1. The molecule has 2 rings (SSSR count). The van der Waals surface area contributed by atoms with E-state index in [0.29, 0.717) is 27.7 Å². The van der Waals surface area contributed by atoms with Crippen molar-refractivity contribution in [1.29, 1.82) is 0 Å². The summed E-state index contributed by atoms with van der Waals surface area (Å²) in [6.07, 6.45) is 0. The molecule has 0 spiro atoms. The number of benzene rings is 2. The van der Waals surface area contributed by atoms with Crippen LogP contribution >= 0.6 is 18.4 Å². The van der Waals surface area contributed by atoms with Gasteiger partial charge in [-0.05, 0) is 0 Å². The predicted octanol–water partition coefficient (Wildman–Crippen LogP) is 4.01. The van der Waals surface area contributed by atoms with Crippen LogP contribution in [0.2, 0.25) is 0 Å². The van der Waals surface area contributed by atoms with Crippen molar-refractivity contribution in [3.05, 3.63) is 71.8 Å². The van der Waals surface area contributed by atoms with Gasteiger partial charge in [-0.2, -0.15) is 0 Å². The van der Waals surface area contributed by atoms with E-state index in [4.69, 9.17) is 0 Å². The molecular weight excluding hydrogens is 390 g/mol. The van der Waals surface area contributed by atoms with E-state index in [1.54, 1.807) is 0 Å². The van der Waals surface area contributed by atoms with Crippen molar-refractivity contribution >= 4 is 46.1 Å². The third kappa shape index (κ3) is 5.88. The summed E-state index contributed by atoms with van der Waals surface area (Å²) < 4.78 is 0. The van der Waals surface area contributed by atoms with E-state index >= 15 is 0 Å². The van der Waals surface area contributed by atoms with E-state index in [1.807, 2.05) is 0 Å². The van der Waals surface area contributed by atoms with Gasteiger partial charge < -0.3 is 0 Å². The van der Waals surface area contributed by atoms with Gasteiger partial charge >= 0.3 is 129 Å². The normalized spacial score (nSPS) is 10.4. The van der Waals surface area contributed by atoms with E-state index in [2.05, 4.69) is 79.1 Å². The molecular formula is C14H14S2Se2. The fourth-order valence-corrected chi connectivity index (χ4v) is 15.9. The Morgan fingerprint density at radius 1 is 0.611 bits per heavy atom. The van der Waals surface area contributed by atoms with E-state index in [-0.39, 0.29) is 0 Å². The average Bonchev–Trinajstić information content (AvgIpc) is 2.45. The van der Waals surface area contributed by atoms with Gasteiger partial charge in [0, 0.05) is 0 Å². The van der Waals surface area contributed by atoms with Gasteiger partial charge in [-0.25, -0.2) is 0 Å². The molecule has 0 amide bonds. The Balaban J connectivity index is 1.54. The molecule has 0 aliphatic carbocycles. The van der Waals surface area contributed by atoms with Crippen LogP contribution in [-0.2, 0) is 10.6 Å². The molecule has 0 nitrogen and oxygen atoms in total.